The number of hydrogen-bond donors (Lipinski definition) is 0. The Labute approximate surface area is 145 Å². The summed E-state index contributed by atoms with van der Waals surface area (Å²) < 4.78 is 0. The molecule has 0 spiro atoms. The van der Waals surface area contributed by atoms with Crippen molar-refractivity contribution in [2.45, 2.75) is 128 Å². The largest absolute Gasteiger partial charge is 0.0683 e. The molecular formula is C22H52. The van der Waals surface area contributed by atoms with Gasteiger partial charge >= 0.3 is 0 Å². The van der Waals surface area contributed by atoms with E-state index < -0.39 is 0 Å². The molecule has 0 aromatic heterocycles. The second-order valence-corrected chi connectivity index (χ2v) is 7.10. The Bertz CT molecular complexity index is 145. The Morgan fingerprint density at radius 3 is 1.09 bits per heavy atom. The van der Waals surface area contributed by atoms with Gasteiger partial charge in [-0.2, -0.15) is 0 Å². The van der Waals surface area contributed by atoms with E-state index in [9.17, 15) is 0 Å². The van der Waals surface area contributed by atoms with Crippen molar-refractivity contribution in [1.82, 2.24) is 0 Å². The molecule has 0 aliphatic heterocycles. The predicted octanol–water partition coefficient (Wildman–Crippen LogP) is 9.13. The van der Waals surface area contributed by atoms with E-state index in [1.165, 1.54) is 44.9 Å². The molecule has 0 saturated heterocycles. The van der Waals surface area contributed by atoms with Crippen LogP contribution in [0.4, 0.5) is 0 Å². The maximum Gasteiger partial charge on any atom is -0.0303 e. The van der Waals surface area contributed by atoms with Gasteiger partial charge in [-0.15, -0.1) is 0 Å². The summed E-state index contributed by atoms with van der Waals surface area (Å²) in [6.45, 7) is 26.1. The van der Waals surface area contributed by atoms with Gasteiger partial charge in [-0.25, -0.2) is 0 Å². The fourth-order valence-corrected chi connectivity index (χ4v) is 2.11. The van der Waals surface area contributed by atoms with Crippen molar-refractivity contribution in [1.29, 1.82) is 0 Å². The predicted molar refractivity (Wildman–Crippen MR) is 110 cm³/mol. The third-order valence-electron chi connectivity index (χ3n) is 3.85. The van der Waals surface area contributed by atoms with Gasteiger partial charge in [-0.1, -0.05) is 115 Å². The first-order valence-corrected chi connectivity index (χ1v) is 10.3. The van der Waals surface area contributed by atoms with Crippen molar-refractivity contribution >= 4 is 0 Å². The van der Waals surface area contributed by atoms with Crippen molar-refractivity contribution in [3.05, 3.63) is 0 Å². The average molecular weight is 317 g/mol. The third kappa shape index (κ3) is 25.0. The SMILES string of the molecule is CC.CC.CC(C)C.CC(C)C1(C)CCCC1.CCCCC. The van der Waals surface area contributed by atoms with Crippen LogP contribution in [0.5, 0.6) is 0 Å². The van der Waals surface area contributed by atoms with Crippen molar-refractivity contribution in [2.75, 3.05) is 0 Å². The van der Waals surface area contributed by atoms with Crippen LogP contribution in [0.2, 0.25) is 0 Å². The second-order valence-electron chi connectivity index (χ2n) is 7.10. The molecule has 1 aliphatic carbocycles. The van der Waals surface area contributed by atoms with Crippen LogP contribution in [0.3, 0.4) is 0 Å². The minimum absolute atomic E-state index is 0.694. The first kappa shape index (κ1) is 29.9. The molecule has 0 radical (unpaired) electrons. The summed E-state index contributed by atoms with van der Waals surface area (Å²) in [7, 11) is 0. The Hall–Kier alpha value is 0. The van der Waals surface area contributed by atoms with E-state index >= 15 is 0 Å². The molecule has 0 nitrogen and oxygen atoms in total. The van der Waals surface area contributed by atoms with E-state index in [0.29, 0.717) is 5.41 Å². The highest BCUT2D eigenvalue weighted by atomic mass is 14.4. The third-order valence-corrected chi connectivity index (χ3v) is 3.85. The van der Waals surface area contributed by atoms with Gasteiger partial charge in [0.25, 0.3) is 0 Å². The van der Waals surface area contributed by atoms with Gasteiger partial charge in [-0.05, 0) is 30.1 Å². The maximum atomic E-state index is 2.44. The molecule has 1 fully saturated rings. The summed E-state index contributed by atoms with van der Waals surface area (Å²) in [5, 5.41) is 0. The molecule has 0 aromatic carbocycles. The molecule has 140 valence electrons. The number of hydrogen-bond acceptors (Lipinski definition) is 0. The Balaban J connectivity index is -0.000000107. The fraction of sp³-hybridized carbons (Fsp3) is 1.00. The zero-order valence-electron chi connectivity index (χ0n) is 18.6. The lowest BCUT2D eigenvalue weighted by Crippen LogP contribution is -2.18. The molecule has 22 heavy (non-hydrogen) atoms. The molecule has 0 amide bonds. The zero-order valence-corrected chi connectivity index (χ0v) is 18.6. The minimum Gasteiger partial charge on any atom is -0.0683 e. The first-order valence-electron chi connectivity index (χ1n) is 10.3. The van der Waals surface area contributed by atoms with Crippen molar-refractivity contribution in [3.8, 4) is 0 Å². The molecule has 0 atom stereocenters. The highest BCUT2D eigenvalue weighted by Crippen LogP contribution is 2.43. The molecule has 1 rings (SSSR count). The molecule has 0 heteroatoms. The second kappa shape index (κ2) is 23.3. The van der Waals surface area contributed by atoms with Gasteiger partial charge < -0.3 is 0 Å². The summed E-state index contributed by atoms with van der Waals surface area (Å²) in [5.74, 6) is 1.72. The van der Waals surface area contributed by atoms with E-state index in [1.807, 2.05) is 27.7 Å². The van der Waals surface area contributed by atoms with Gasteiger partial charge in [-0.3, -0.25) is 0 Å². The summed E-state index contributed by atoms with van der Waals surface area (Å²) in [6.07, 6.45) is 9.94. The van der Waals surface area contributed by atoms with Gasteiger partial charge in [0.05, 0.1) is 0 Å². The zero-order chi connectivity index (χ0) is 18.6. The van der Waals surface area contributed by atoms with E-state index in [-0.39, 0.29) is 0 Å². The lowest BCUT2D eigenvalue weighted by Gasteiger charge is -2.27. The highest BCUT2D eigenvalue weighted by Gasteiger charge is 2.31. The standard InChI is InChI=1S/C9H18.C5H12.C4H10.2C2H6/c1-8(2)9(3)6-4-5-7-9;1-3-5-4-2;1-4(2)3;2*1-2/h8H,4-7H2,1-3H3;3-5H2,1-2H3;4H,1-3H3;2*1-2H3. The van der Waals surface area contributed by atoms with E-state index in [2.05, 4.69) is 55.4 Å². The van der Waals surface area contributed by atoms with Crippen molar-refractivity contribution in [2.24, 2.45) is 17.3 Å². The van der Waals surface area contributed by atoms with E-state index in [0.717, 1.165) is 11.8 Å². The fourth-order valence-electron chi connectivity index (χ4n) is 2.11. The quantitative estimate of drug-likeness (QED) is 0.487. The maximum absolute atomic E-state index is 2.44. The normalized spacial score (nSPS) is 14.5. The van der Waals surface area contributed by atoms with E-state index in [1.54, 1.807) is 0 Å². The van der Waals surface area contributed by atoms with Crippen LogP contribution in [0.15, 0.2) is 0 Å². The molecule has 0 unspecified atom stereocenters. The minimum atomic E-state index is 0.694. The smallest absolute Gasteiger partial charge is 0.0303 e. The van der Waals surface area contributed by atoms with Crippen LogP contribution in [0.25, 0.3) is 0 Å². The summed E-state index contributed by atoms with van der Waals surface area (Å²) in [4.78, 5) is 0. The number of rotatable bonds is 3. The van der Waals surface area contributed by atoms with Crippen LogP contribution in [-0.2, 0) is 0 Å². The average Bonchev–Trinajstić information content (AvgIpc) is 2.93. The van der Waals surface area contributed by atoms with Gasteiger partial charge in [0.2, 0.25) is 0 Å². The molecular weight excluding hydrogens is 264 g/mol. The Morgan fingerprint density at radius 2 is 1.00 bits per heavy atom. The Kier molecular flexibility index (Phi) is 31.7. The number of unbranched alkanes of at least 4 members (excludes halogenated alkanes) is 2. The van der Waals surface area contributed by atoms with Crippen LogP contribution in [-0.4, -0.2) is 0 Å². The van der Waals surface area contributed by atoms with Crippen molar-refractivity contribution in [3.63, 3.8) is 0 Å². The topological polar surface area (TPSA) is 0 Å². The lowest BCUT2D eigenvalue weighted by atomic mass is 9.78. The molecule has 0 bridgehead atoms. The summed E-state index contributed by atoms with van der Waals surface area (Å²) in [6, 6.07) is 0. The van der Waals surface area contributed by atoms with Crippen LogP contribution in [0.1, 0.15) is 128 Å². The van der Waals surface area contributed by atoms with Crippen LogP contribution >= 0.6 is 0 Å². The molecule has 1 saturated carbocycles. The van der Waals surface area contributed by atoms with Crippen molar-refractivity contribution < 1.29 is 0 Å². The molecule has 0 aromatic rings. The van der Waals surface area contributed by atoms with Crippen LogP contribution in [0, 0.1) is 17.3 Å². The molecule has 1 aliphatic rings. The molecule has 0 heterocycles. The van der Waals surface area contributed by atoms with Gasteiger partial charge in [0.15, 0.2) is 0 Å². The molecule has 0 N–H and O–H groups in total. The monoisotopic (exact) mass is 316 g/mol. The summed E-state index contributed by atoms with van der Waals surface area (Å²) >= 11 is 0. The lowest BCUT2D eigenvalue weighted by molar-refractivity contribution is 0.228. The van der Waals surface area contributed by atoms with Crippen LogP contribution < -0.4 is 0 Å². The van der Waals surface area contributed by atoms with E-state index in [4.69, 9.17) is 0 Å². The first-order chi connectivity index (χ1) is 10.3. The Morgan fingerprint density at radius 1 is 0.727 bits per heavy atom. The van der Waals surface area contributed by atoms with Gasteiger partial charge in [0, 0.05) is 0 Å². The summed E-state index contributed by atoms with van der Waals surface area (Å²) in [5.41, 5.74) is 0.694. The highest BCUT2D eigenvalue weighted by molar-refractivity contribution is 4.82. The van der Waals surface area contributed by atoms with Gasteiger partial charge in [0.1, 0.15) is 0 Å².